The highest BCUT2D eigenvalue weighted by atomic mass is 16.5. The van der Waals surface area contributed by atoms with Crippen LogP contribution in [0.1, 0.15) is 31.9 Å². The first kappa shape index (κ1) is 16.5. The lowest BCUT2D eigenvalue weighted by molar-refractivity contribution is 0.0108. The van der Waals surface area contributed by atoms with Crippen molar-refractivity contribution in [2.45, 2.75) is 32.4 Å². The van der Waals surface area contributed by atoms with E-state index < -0.39 is 0 Å². The molecule has 24 heavy (non-hydrogen) atoms. The van der Waals surface area contributed by atoms with Gasteiger partial charge in [0.15, 0.2) is 0 Å². The van der Waals surface area contributed by atoms with Crippen LogP contribution in [0.3, 0.4) is 0 Å². The molecule has 1 aromatic heterocycles. The number of hydrogen-bond acceptors (Lipinski definition) is 3. The number of urea groups is 1. The third-order valence-corrected chi connectivity index (χ3v) is 4.45. The Bertz CT molecular complexity index is 671. The number of para-hydroxylation sites is 1. The van der Waals surface area contributed by atoms with Gasteiger partial charge in [-0.3, -0.25) is 0 Å². The fraction of sp³-hybridized carbons (Fsp3) is 0.444. The van der Waals surface area contributed by atoms with E-state index in [4.69, 9.17) is 4.74 Å². The molecule has 1 aromatic carbocycles. The van der Waals surface area contributed by atoms with Gasteiger partial charge in [0.2, 0.25) is 0 Å². The molecular formula is C18H24N4O2. The molecule has 1 fully saturated rings. The van der Waals surface area contributed by atoms with Gasteiger partial charge in [0, 0.05) is 18.9 Å². The van der Waals surface area contributed by atoms with Crippen molar-refractivity contribution in [2.24, 2.45) is 0 Å². The fourth-order valence-corrected chi connectivity index (χ4v) is 3.08. The highest BCUT2D eigenvalue weighted by Gasteiger charge is 2.27. The molecule has 1 N–H and O–H groups in total. The number of aromatic nitrogens is 2. The molecule has 0 spiro atoms. The second-order valence-electron chi connectivity index (χ2n) is 6.01. The van der Waals surface area contributed by atoms with Crippen molar-refractivity contribution in [2.75, 3.05) is 19.8 Å². The average molecular weight is 328 g/mol. The lowest BCUT2D eigenvalue weighted by atomic mass is 10.1. The average Bonchev–Trinajstić information content (AvgIpc) is 3.16. The highest BCUT2D eigenvalue weighted by Crippen LogP contribution is 2.21. The zero-order chi connectivity index (χ0) is 16.9. The van der Waals surface area contributed by atoms with Crippen LogP contribution in [0.5, 0.6) is 0 Å². The van der Waals surface area contributed by atoms with Gasteiger partial charge in [-0.15, -0.1) is 0 Å². The van der Waals surface area contributed by atoms with E-state index in [9.17, 15) is 4.79 Å². The number of carbonyl (C=O) groups is 1. The van der Waals surface area contributed by atoms with E-state index >= 15 is 0 Å². The Labute approximate surface area is 142 Å². The van der Waals surface area contributed by atoms with E-state index in [2.05, 4.69) is 17.3 Å². The molecule has 0 aliphatic carbocycles. The van der Waals surface area contributed by atoms with Gasteiger partial charge in [0.05, 0.1) is 31.0 Å². The monoisotopic (exact) mass is 328 g/mol. The molecule has 1 aliphatic heterocycles. The summed E-state index contributed by atoms with van der Waals surface area (Å²) < 4.78 is 7.30. The van der Waals surface area contributed by atoms with Crippen LogP contribution in [0.25, 0.3) is 5.69 Å². The molecular weight excluding hydrogens is 304 g/mol. The van der Waals surface area contributed by atoms with Gasteiger partial charge in [-0.1, -0.05) is 25.1 Å². The number of hydrogen-bond donors (Lipinski definition) is 1. The number of morpholine rings is 1. The summed E-state index contributed by atoms with van der Waals surface area (Å²) in [6.45, 7) is 5.93. The van der Waals surface area contributed by atoms with E-state index in [0.29, 0.717) is 19.8 Å². The quantitative estimate of drug-likeness (QED) is 0.939. The van der Waals surface area contributed by atoms with E-state index in [-0.39, 0.29) is 18.1 Å². The Hall–Kier alpha value is -2.34. The number of ether oxygens (including phenoxy) is 1. The lowest BCUT2D eigenvalue weighted by Crippen LogP contribution is -2.52. The molecule has 6 heteroatoms. The number of amides is 2. The Morgan fingerprint density at radius 1 is 1.42 bits per heavy atom. The summed E-state index contributed by atoms with van der Waals surface area (Å²) in [7, 11) is 0. The molecule has 2 amide bonds. The molecule has 6 nitrogen and oxygen atoms in total. The van der Waals surface area contributed by atoms with Crippen LogP contribution in [-0.4, -0.2) is 46.5 Å². The van der Waals surface area contributed by atoms with E-state index in [1.165, 1.54) is 0 Å². The van der Waals surface area contributed by atoms with Gasteiger partial charge < -0.3 is 15.0 Å². The fourth-order valence-electron chi connectivity index (χ4n) is 3.08. The summed E-state index contributed by atoms with van der Waals surface area (Å²) in [6.07, 6.45) is 4.55. The Balaban J connectivity index is 1.75. The van der Waals surface area contributed by atoms with Gasteiger partial charge in [0.1, 0.15) is 0 Å². The first-order valence-corrected chi connectivity index (χ1v) is 8.44. The maximum atomic E-state index is 12.7. The summed E-state index contributed by atoms with van der Waals surface area (Å²) in [5, 5.41) is 7.42. The molecule has 0 bridgehead atoms. The molecule has 2 heterocycles. The number of nitrogens with zero attached hydrogens (tertiary/aromatic N) is 3. The second kappa shape index (κ2) is 7.49. The zero-order valence-corrected chi connectivity index (χ0v) is 14.2. The van der Waals surface area contributed by atoms with Crippen LogP contribution in [0, 0.1) is 0 Å². The lowest BCUT2D eigenvalue weighted by Gasteiger charge is -2.36. The van der Waals surface area contributed by atoms with Gasteiger partial charge in [-0.2, -0.15) is 5.10 Å². The van der Waals surface area contributed by atoms with Crippen LogP contribution >= 0.6 is 0 Å². The smallest absolute Gasteiger partial charge is 0.318 e. The third-order valence-electron chi connectivity index (χ3n) is 4.45. The van der Waals surface area contributed by atoms with Crippen LogP contribution in [0.15, 0.2) is 42.7 Å². The van der Waals surface area contributed by atoms with Gasteiger partial charge in [0.25, 0.3) is 0 Å². The standard InChI is InChI=1S/C18H24N4O2/c1-3-15-13-24-12-11-21(15)18(23)20-14(2)16-7-4-5-8-17(16)22-10-6-9-19-22/h4-10,14-15H,3,11-13H2,1-2H3,(H,20,23)/t14-,15-/m1/s1. The normalized spacial score (nSPS) is 19.1. The van der Waals surface area contributed by atoms with E-state index in [0.717, 1.165) is 17.7 Å². The molecule has 1 saturated heterocycles. The van der Waals surface area contributed by atoms with Gasteiger partial charge in [-0.05, 0) is 31.0 Å². The number of nitrogens with one attached hydrogen (secondary N) is 1. The first-order valence-electron chi connectivity index (χ1n) is 8.44. The van der Waals surface area contributed by atoms with Crippen molar-refractivity contribution in [1.82, 2.24) is 20.0 Å². The van der Waals surface area contributed by atoms with Crippen LogP contribution in [0.4, 0.5) is 4.79 Å². The topological polar surface area (TPSA) is 59.4 Å². The van der Waals surface area contributed by atoms with Crippen LogP contribution < -0.4 is 5.32 Å². The molecule has 0 saturated carbocycles. The number of benzene rings is 1. The third kappa shape index (κ3) is 3.43. The van der Waals surface area contributed by atoms with Crippen LogP contribution in [0.2, 0.25) is 0 Å². The minimum atomic E-state index is -0.113. The summed E-state index contributed by atoms with van der Waals surface area (Å²) in [4.78, 5) is 14.6. The van der Waals surface area contributed by atoms with Gasteiger partial charge in [-0.25, -0.2) is 9.48 Å². The largest absolute Gasteiger partial charge is 0.377 e. The summed E-state index contributed by atoms with van der Waals surface area (Å²) in [5.74, 6) is 0. The molecule has 128 valence electrons. The first-order chi connectivity index (χ1) is 11.7. The molecule has 2 aromatic rings. The Morgan fingerprint density at radius 2 is 2.25 bits per heavy atom. The second-order valence-corrected chi connectivity index (χ2v) is 6.01. The van der Waals surface area contributed by atoms with Crippen molar-refractivity contribution in [1.29, 1.82) is 0 Å². The predicted octanol–water partition coefficient (Wildman–Crippen LogP) is 2.75. The Morgan fingerprint density at radius 3 is 3.00 bits per heavy atom. The van der Waals surface area contributed by atoms with Crippen molar-refractivity contribution >= 4 is 6.03 Å². The summed E-state index contributed by atoms with van der Waals surface area (Å²) >= 11 is 0. The van der Waals surface area contributed by atoms with Crippen molar-refractivity contribution < 1.29 is 9.53 Å². The van der Waals surface area contributed by atoms with E-state index in [1.54, 1.807) is 6.20 Å². The summed E-state index contributed by atoms with van der Waals surface area (Å²) in [5.41, 5.74) is 2.01. The van der Waals surface area contributed by atoms with Crippen molar-refractivity contribution in [3.05, 3.63) is 48.3 Å². The minimum Gasteiger partial charge on any atom is -0.377 e. The SMILES string of the molecule is CC[C@@H]1COCCN1C(=O)N[C@H](C)c1ccccc1-n1cccn1. The molecule has 1 aliphatic rings. The van der Waals surface area contributed by atoms with Gasteiger partial charge >= 0.3 is 6.03 Å². The maximum absolute atomic E-state index is 12.7. The van der Waals surface area contributed by atoms with E-state index in [1.807, 2.05) is 53.0 Å². The Kier molecular flexibility index (Phi) is 5.15. The molecule has 3 rings (SSSR count). The highest BCUT2D eigenvalue weighted by molar-refractivity contribution is 5.75. The molecule has 0 radical (unpaired) electrons. The maximum Gasteiger partial charge on any atom is 0.318 e. The molecule has 2 atom stereocenters. The van der Waals surface area contributed by atoms with Crippen LogP contribution in [-0.2, 0) is 4.74 Å². The minimum absolute atomic E-state index is 0.0343. The summed E-state index contributed by atoms with van der Waals surface area (Å²) in [6, 6.07) is 9.88. The number of carbonyl (C=O) groups excluding carboxylic acids is 1. The van der Waals surface area contributed by atoms with Crippen molar-refractivity contribution in [3.8, 4) is 5.69 Å². The zero-order valence-electron chi connectivity index (χ0n) is 14.2. The molecule has 0 unspecified atom stereocenters. The number of rotatable bonds is 4. The predicted molar refractivity (Wildman–Crippen MR) is 92.1 cm³/mol. The van der Waals surface area contributed by atoms with Crippen molar-refractivity contribution in [3.63, 3.8) is 0 Å².